The van der Waals surface area contributed by atoms with Crippen LogP contribution in [0.5, 0.6) is 0 Å². The van der Waals surface area contributed by atoms with E-state index in [-0.39, 0.29) is 22.8 Å². The highest BCUT2D eigenvalue weighted by Crippen LogP contribution is 2.53. The van der Waals surface area contributed by atoms with Crippen LogP contribution in [0.15, 0.2) is 48.5 Å². The van der Waals surface area contributed by atoms with E-state index in [2.05, 4.69) is 11.2 Å². The van der Waals surface area contributed by atoms with Crippen molar-refractivity contribution in [1.29, 1.82) is 0 Å². The van der Waals surface area contributed by atoms with Gasteiger partial charge in [0, 0.05) is 22.1 Å². The molecule has 0 saturated heterocycles. The number of hydrogen-bond donors (Lipinski definition) is 1. The van der Waals surface area contributed by atoms with Gasteiger partial charge < -0.3 is 10.1 Å². The molecule has 3 saturated carbocycles. The summed E-state index contributed by atoms with van der Waals surface area (Å²) < 4.78 is 5.08. The first-order valence-corrected chi connectivity index (χ1v) is 11.8. The lowest BCUT2D eigenvalue weighted by Crippen LogP contribution is -2.58. The van der Waals surface area contributed by atoms with Crippen LogP contribution in [-0.4, -0.2) is 29.5 Å². The second-order valence-corrected chi connectivity index (χ2v) is 9.71. The van der Waals surface area contributed by atoms with Crippen molar-refractivity contribution in [2.75, 3.05) is 7.11 Å². The molecule has 3 aromatic rings. The van der Waals surface area contributed by atoms with Gasteiger partial charge in [0.25, 0.3) is 5.91 Å². The summed E-state index contributed by atoms with van der Waals surface area (Å²) >= 11 is 0. The van der Waals surface area contributed by atoms with E-state index in [1.54, 1.807) is 0 Å². The minimum Gasteiger partial charge on any atom is -0.469 e. The average Bonchev–Trinajstić information content (AvgIpc) is 2.88. The molecule has 0 radical (unpaired) electrons. The fourth-order valence-electron chi connectivity index (χ4n) is 5.82. The normalized spacial score (nSPS) is 23.3. The molecule has 172 valence electrons. The number of ether oxygens (including phenoxy) is 1. The summed E-state index contributed by atoms with van der Waals surface area (Å²) in [6.45, 7) is 1.95. The molecular weight excluding hydrogens is 424 g/mol. The lowest BCUT2D eigenvalue weighted by atomic mass is 9.57. The number of hydrogen-bond acceptors (Lipinski definition) is 4. The molecule has 0 aliphatic heterocycles. The number of terminal acetylenes is 1. The number of rotatable bonds is 4. The maximum atomic E-state index is 13.9. The quantitative estimate of drug-likeness (QED) is 0.437. The van der Waals surface area contributed by atoms with Gasteiger partial charge in [0.15, 0.2) is 0 Å². The Morgan fingerprint density at radius 3 is 2.32 bits per heavy atom. The Morgan fingerprint density at radius 1 is 1.03 bits per heavy atom. The summed E-state index contributed by atoms with van der Waals surface area (Å²) in [6, 6.07) is 15.5. The van der Waals surface area contributed by atoms with Crippen LogP contribution in [0.1, 0.15) is 60.0 Å². The number of nitrogens with one attached hydrogen (secondary N) is 1. The second-order valence-electron chi connectivity index (χ2n) is 9.71. The van der Waals surface area contributed by atoms with Crippen LogP contribution in [0.4, 0.5) is 0 Å². The van der Waals surface area contributed by atoms with Gasteiger partial charge in [-0.1, -0.05) is 36.3 Å². The van der Waals surface area contributed by atoms with Crippen molar-refractivity contribution in [3.8, 4) is 23.6 Å². The van der Waals surface area contributed by atoms with Gasteiger partial charge >= 0.3 is 5.97 Å². The van der Waals surface area contributed by atoms with Crippen LogP contribution in [0.25, 0.3) is 22.2 Å². The predicted molar refractivity (Wildman–Crippen MR) is 132 cm³/mol. The number of fused-ring (bicyclic) bond motifs is 4. The summed E-state index contributed by atoms with van der Waals surface area (Å²) in [4.78, 5) is 31.2. The Kier molecular flexibility index (Phi) is 5.40. The Hall–Kier alpha value is -3.65. The molecule has 5 heteroatoms. The first-order valence-electron chi connectivity index (χ1n) is 11.8. The number of carbonyl (C=O) groups excluding carboxylic acids is 2. The van der Waals surface area contributed by atoms with E-state index in [0.717, 1.165) is 66.2 Å². The monoisotopic (exact) mass is 452 g/mol. The predicted octanol–water partition coefficient (Wildman–Crippen LogP) is 5.19. The molecule has 2 aromatic carbocycles. The Labute approximate surface area is 199 Å². The van der Waals surface area contributed by atoms with E-state index < -0.39 is 0 Å². The molecule has 6 rings (SSSR count). The van der Waals surface area contributed by atoms with Gasteiger partial charge in [-0.15, -0.1) is 6.42 Å². The lowest BCUT2D eigenvalue weighted by molar-refractivity contribution is -0.160. The van der Waals surface area contributed by atoms with Crippen molar-refractivity contribution in [2.24, 2.45) is 5.41 Å². The van der Waals surface area contributed by atoms with Crippen molar-refractivity contribution >= 4 is 22.8 Å². The molecule has 1 heterocycles. The van der Waals surface area contributed by atoms with Crippen LogP contribution in [0.2, 0.25) is 0 Å². The molecule has 5 nitrogen and oxygen atoms in total. The molecule has 1 N–H and O–H groups in total. The molecule has 2 bridgehead atoms. The van der Waals surface area contributed by atoms with Gasteiger partial charge in [-0.05, 0) is 69.2 Å². The highest BCUT2D eigenvalue weighted by atomic mass is 16.5. The number of pyridine rings is 1. The van der Waals surface area contributed by atoms with Gasteiger partial charge in [0.05, 0.1) is 29.3 Å². The third kappa shape index (κ3) is 3.54. The second kappa shape index (κ2) is 8.29. The van der Waals surface area contributed by atoms with Gasteiger partial charge in [0.1, 0.15) is 0 Å². The Morgan fingerprint density at radius 2 is 1.71 bits per heavy atom. The average molecular weight is 453 g/mol. The maximum absolute atomic E-state index is 13.9. The molecule has 34 heavy (non-hydrogen) atoms. The fraction of sp³-hybridized carbons (Fsp3) is 0.345. The zero-order valence-electron chi connectivity index (χ0n) is 19.6. The SMILES string of the molecule is C#Cc1ccc2nc(-c3ccccc3)c(C)c(C(=O)NC34CCC(C(=O)OC)(CC3)CC4)c2c1. The van der Waals surface area contributed by atoms with Crippen LogP contribution in [0.3, 0.4) is 0 Å². The highest BCUT2D eigenvalue weighted by molar-refractivity contribution is 6.09. The number of esters is 1. The first-order chi connectivity index (χ1) is 16.4. The molecule has 0 unspecified atom stereocenters. The third-order valence-corrected chi connectivity index (χ3v) is 7.91. The Bertz CT molecular complexity index is 1310. The van der Waals surface area contributed by atoms with Crippen molar-refractivity contribution in [3.63, 3.8) is 0 Å². The molecule has 3 aliphatic carbocycles. The van der Waals surface area contributed by atoms with E-state index in [4.69, 9.17) is 16.1 Å². The van der Waals surface area contributed by atoms with Gasteiger partial charge in [0.2, 0.25) is 0 Å². The topological polar surface area (TPSA) is 68.3 Å². The van der Waals surface area contributed by atoms with Crippen molar-refractivity contribution in [1.82, 2.24) is 10.3 Å². The van der Waals surface area contributed by atoms with Crippen LogP contribution < -0.4 is 5.32 Å². The zero-order valence-corrected chi connectivity index (χ0v) is 19.6. The van der Waals surface area contributed by atoms with Gasteiger partial charge in [-0.2, -0.15) is 0 Å². The van der Waals surface area contributed by atoms with Crippen molar-refractivity contribution in [3.05, 3.63) is 65.2 Å². The maximum Gasteiger partial charge on any atom is 0.311 e. The van der Waals surface area contributed by atoms with Crippen LogP contribution in [-0.2, 0) is 9.53 Å². The number of aromatic nitrogens is 1. The number of amides is 1. The Balaban J connectivity index is 1.55. The molecule has 1 amide bonds. The molecule has 3 fully saturated rings. The molecule has 0 atom stereocenters. The van der Waals surface area contributed by atoms with Crippen molar-refractivity contribution < 1.29 is 14.3 Å². The minimum absolute atomic E-state index is 0.108. The summed E-state index contributed by atoms with van der Waals surface area (Å²) in [6.07, 6.45) is 10.2. The number of nitrogens with zero attached hydrogens (tertiary/aromatic N) is 1. The van der Waals surface area contributed by atoms with E-state index in [9.17, 15) is 9.59 Å². The van der Waals surface area contributed by atoms with Crippen LogP contribution in [0, 0.1) is 24.7 Å². The van der Waals surface area contributed by atoms with E-state index in [1.165, 1.54) is 7.11 Å². The molecule has 3 aliphatic rings. The van der Waals surface area contributed by atoms with Gasteiger partial charge in [-0.3, -0.25) is 9.59 Å². The molecule has 0 spiro atoms. The first kappa shape index (κ1) is 22.2. The zero-order chi connectivity index (χ0) is 23.9. The largest absolute Gasteiger partial charge is 0.469 e. The number of methoxy groups -OCH3 is 1. The van der Waals surface area contributed by atoms with Crippen molar-refractivity contribution in [2.45, 2.75) is 51.0 Å². The number of benzene rings is 2. The number of carbonyl (C=O) groups is 2. The summed E-state index contributed by atoms with van der Waals surface area (Å²) in [5, 5.41) is 4.15. The van der Waals surface area contributed by atoms with E-state index in [1.807, 2.05) is 55.5 Å². The summed E-state index contributed by atoms with van der Waals surface area (Å²) in [5.41, 5.74) is 3.97. The highest BCUT2D eigenvalue weighted by Gasteiger charge is 2.53. The van der Waals surface area contributed by atoms with E-state index in [0.29, 0.717) is 11.1 Å². The third-order valence-electron chi connectivity index (χ3n) is 7.91. The lowest BCUT2D eigenvalue weighted by Gasteiger charge is -2.52. The summed E-state index contributed by atoms with van der Waals surface area (Å²) in [7, 11) is 1.46. The summed E-state index contributed by atoms with van der Waals surface area (Å²) in [5.74, 6) is 2.45. The molecule has 1 aromatic heterocycles. The van der Waals surface area contributed by atoms with E-state index >= 15 is 0 Å². The fourth-order valence-corrected chi connectivity index (χ4v) is 5.82. The van der Waals surface area contributed by atoms with Gasteiger partial charge in [-0.25, -0.2) is 4.98 Å². The smallest absolute Gasteiger partial charge is 0.311 e. The minimum atomic E-state index is -0.386. The van der Waals surface area contributed by atoms with Crippen LogP contribution >= 0.6 is 0 Å². The molecular formula is C29H28N2O3. The standard InChI is InChI=1S/C29H28N2O3/c1-4-20-10-11-23-22(18-20)24(19(2)25(30-23)21-8-6-5-7-9-21)26(32)31-29-15-12-28(13-16-29,14-17-29)27(33)34-3/h1,5-11,18H,12-17H2,2-3H3,(H,31,32).